The fourth-order valence-corrected chi connectivity index (χ4v) is 3.18. The number of amides is 2. The van der Waals surface area contributed by atoms with Crippen LogP contribution in [0.4, 0.5) is 0 Å². The quantitative estimate of drug-likeness (QED) is 0.847. The van der Waals surface area contributed by atoms with Gasteiger partial charge >= 0.3 is 0 Å². The molecule has 0 unspecified atom stereocenters. The first-order chi connectivity index (χ1) is 12.7. The van der Waals surface area contributed by atoms with E-state index in [1.807, 2.05) is 29.2 Å². The van der Waals surface area contributed by atoms with E-state index in [-0.39, 0.29) is 11.8 Å². The highest BCUT2D eigenvalue weighted by Crippen LogP contribution is 2.13. The van der Waals surface area contributed by atoms with Crippen LogP contribution < -0.4 is 0 Å². The minimum Gasteiger partial charge on any atom is -0.337 e. The molecule has 6 heteroatoms. The summed E-state index contributed by atoms with van der Waals surface area (Å²) in [6.07, 6.45) is 7.42. The predicted molar refractivity (Wildman–Crippen MR) is 98.9 cm³/mol. The molecule has 1 aliphatic rings. The fraction of sp³-hybridized carbons (Fsp3) is 0.400. The first-order valence-electron chi connectivity index (χ1n) is 9.12. The van der Waals surface area contributed by atoms with Crippen LogP contribution >= 0.6 is 0 Å². The number of hydrogen-bond donors (Lipinski definition) is 0. The van der Waals surface area contributed by atoms with Gasteiger partial charge in [0.2, 0.25) is 0 Å². The highest BCUT2D eigenvalue weighted by atomic mass is 16.2. The summed E-state index contributed by atoms with van der Waals surface area (Å²) in [4.78, 5) is 36.9. The van der Waals surface area contributed by atoms with Gasteiger partial charge in [-0.05, 0) is 30.5 Å². The average Bonchev–Trinajstić information content (AvgIpc) is 2.95. The lowest BCUT2D eigenvalue weighted by Crippen LogP contribution is -2.37. The average molecular weight is 352 g/mol. The Morgan fingerprint density at radius 3 is 2.27 bits per heavy atom. The van der Waals surface area contributed by atoms with Gasteiger partial charge in [0, 0.05) is 44.1 Å². The Kier molecular flexibility index (Phi) is 5.94. The normalized spacial score (nSPS) is 14.8. The van der Waals surface area contributed by atoms with Gasteiger partial charge in [-0.3, -0.25) is 14.6 Å². The smallest absolute Gasteiger partial charge is 0.274 e. The first-order valence-corrected chi connectivity index (χ1v) is 9.12. The van der Waals surface area contributed by atoms with Crippen LogP contribution in [-0.4, -0.2) is 57.8 Å². The van der Waals surface area contributed by atoms with Crippen molar-refractivity contribution in [1.29, 1.82) is 0 Å². The predicted octanol–water partition coefficient (Wildman–Crippen LogP) is 2.42. The molecule has 0 bridgehead atoms. The van der Waals surface area contributed by atoms with Crippen molar-refractivity contribution in [2.45, 2.75) is 26.2 Å². The van der Waals surface area contributed by atoms with Crippen LogP contribution in [0.2, 0.25) is 0 Å². The third kappa shape index (κ3) is 4.25. The second-order valence-corrected chi connectivity index (χ2v) is 6.48. The maximum absolute atomic E-state index is 12.8. The second-order valence-electron chi connectivity index (χ2n) is 6.48. The van der Waals surface area contributed by atoms with Gasteiger partial charge in [0.15, 0.2) is 0 Å². The zero-order valence-electron chi connectivity index (χ0n) is 15.1. The van der Waals surface area contributed by atoms with E-state index in [0.717, 1.165) is 19.3 Å². The minimum absolute atomic E-state index is 0.0295. The lowest BCUT2D eigenvalue weighted by Gasteiger charge is -2.22. The van der Waals surface area contributed by atoms with Gasteiger partial charge in [-0.2, -0.15) is 0 Å². The molecular formula is C20H24N4O2. The van der Waals surface area contributed by atoms with Crippen molar-refractivity contribution in [1.82, 2.24) is 19.8 Å². The van der Waals surface area contributed by atoms with E-state index in [9.17, 15) is 9.59 Å². The van der Waals surface area contributed by atoms with Crippen molar-refractivity contribution in [3.63, 3.8) is 0 Å². The molecule has 1 aliphatic heterocycles. The molecule has 2 aromatic rings. The maximum atomic E-state index is 12.8. The van der Waals surface area contributed by atoms with Crippen LogP contribution in [-0.2, 0) is 6.42 Å². The van der Waals surface area contributed by atoms with E-state index in [1.54, 1.807) is 11.1 Å². The van der Waals surface area contributed by atoms with E-state index in [2.05, 4.69) is 16.9 Å². The molecule has 1 aromatic heterocycles. The summed E-state index contributed by atoms with van der Waals surface area (Å²) in [7, 11) is 0. The molecule has 0 spiro atoms. The summed E-state index contributed by atoms with van der Waals surface area (Å²) in [5.74, 6) is -0.0989. The van der Waals surface area contributed by atoms with Crippen molar-refractivity contribution in [2.24, 2.45) is 0 Å². The topological polar surface area (TPSA) is 66.4 Å². The summed E-state index contributed by atoms with van der Waals surface area (Å²) in [5, 5.41) is 0. The van der Waals surface area contributed by atoms with Crippen molar-refractivity contribution in [3.05, 3.63) is 59.7 Å². The number of carbonyl (C=O) groups excluding carboxylic acids is 2. The molecule has 0 radical (unpaired) electrons. The standard InChI is InChI=1S/C20H24N4O2/c1-2-4-16-5-7-17(8-6-16)19(25)23-11-3-12-24(14-13-23)20(26)18-15-21-9-10-22-18/h5-10,15H,2-4,11-14H2,1H3. The molecule has 1 aromatic carbocycles. The summed E-state index contributed by atoms with van der Waals surface area (Å²) in [6, 6.07) is 7.86. The number of rotatable bonds is 4. The Labute approximate surface area is 153 Å². The molecule has 0 atom stereocenters. The zero-order valence-corrected chi connectivity index (χ0v) is 15.1. The summed E-state index contributed by atoms with van der Waals surface area (Å²) in [6.45, 7) is 4.45. The SMILES string of the molecule is CCCc1ccc(C(=O)N2CCCN(C(=O)c3cnccn3)CC2)cc1. The van der Waals surface area contributed by atoms with Gasteiger partial charge in [-0.15, -0.1) is 0 Å². The maximum Gasteiger partial charge on any atom is 0.274 e. The van der Waals surface area contributed by atoms with Crippen molar-refractivity contribution in [3.8, 4) is 0 Å². The lowest BCUT2D eigenvalue weighted by molar-refractivity contribution is 0.0715. The third-order valence-electron chi connectivity index (χ3n) is 4.59. The Bertz CT molecular complexity index is 746. The Hall–Kier alpha value is -2.76. The van der Waals surface area contributed by atoms with Gasteiger partial charge < -0.3 is 9.80 Å². The summed E-state index contributed by atoms with van der Waals surface area (Å²) < 4.78 is 0. The Morgan fingerprint density at radius 1 is 0.962 bits per heavy atom. The molecule has 136 valence electrons. The van der Waals surface area contributed by atoms with Gasteiger partial charge in [0.05, 0.1) is 6.20 Å². The Morgan fingerprint density at radius 2 is 1.65 bits per heavy atom. The molecule has 2 heterocycles. The molecule has 1 saturated heterocycles. The van der Waals surface area contributed by atoms with Crippen LogP contribution in [0.25, 0.3) is 0 Å². The first kappa shape index (κ1) is 18.0. The van der Waals surface area contributed by atoms with Crippen molar-refractivity contribution >= 4 is 11.8 Å². The van der Waals surface area contributed by atoms with Crippen molar-refractivity contribution < 1.29 is 9.59 Å². The van der Waals surface area contributed by atoms with Crippen LogP contribution in [0.1, 0.15) is 46.2 Å². The van der Waals surface area contributed by atoms with Gasteiger partial charge in [-0.1, -0.05) is 25.5 Å². The minimum atomic E-state index is -0.128. The third-order valence-corrected chi connectivity index (χ3v) is 4.59. The van der Waals surface area contributed by atoms with E-state index < -0.39 is 0 Å². The molecule has 26 heavy (non-hydrogen) atoms. The van der Waals surface area contributed by atoms with E-state index >= 15 is 0 Å². The monoisotopic (exact) mass is 352 g/mol. The molecule has 6 nitrogen and oxygen atoms in total. The number of nitrogens with zero attached hydrogens (tertiary/aromatic N) is 4. The van der Waals surface area contributed by atoms with Gasteiger partial charge in [-0.25, -0.2) is 4.98 Å². The van der Waals surface area contributed by atoms with E-state index in [4.69, 9.17) is 0 Å². The summed E-state index contributed by atoms with van der Waals surface area (Å²) >= 11 is 0. The number of benzene rings is 1. The number of aromatic nitrogens is 2. The van der Waals surface area contributed by atoms with Crippen molar-refractivity contribution in [2.75, 3.05) is 26.2 Å². The lowest BCUT2D eigenvalue weighted by atomic mass is 10.1. The van der Waals surface area contributed by atoms with Crippen LogP contribution in [0, 0.1) is 0 Å². The number of carbonyl (C=O) groups is 2. The number of aryl methyl sites for hydroxylation is 1. The van der Waals surface area contributed by atoms with E-state index in [0.29, 0.717) is 37.4 Å². The Balaban J connectivity index is 1.62. The molecule has 1 fully saturated rings. The molecule has 3 rings (SSSR count). The molecule has 0 saturated carbocycles. The summed E-state index contributed by atoms with van der Waals surface area (Å²) in [5.41, 5.74) is 2.30. The molecule has 0 N–H and O–H groups in total. The molecule has 2 amide bonds. The fourth-order valence-electron chi connectivity index (χ4n) is 3.18. The highest BCUT2D eigenvalue weighted by molar-refractivity contribution is 5.94. The van der Waals surface area contributed by atoms with Gasteiger partial charge in [0.1, 0.15) is 5.69 Å². The highest BCUT2D eigenvalue weighted by Gasteiger charge is 2.24. The molecular weight excluding hydrogens is 328 g/mol. The van der Waals surface area contributed by atoms with Crippen LogP contribution in [0.15, 0.2) is 42.9 Å². The van der Waals surface area contributed by atoms with E-state index in [1.165, 1.54) is 18.0 Å². The second kappa shape index (κ2) is 8.56. The zero-order chi connectivity index (χ0) is 18.4. The van der Waals surface area contributed by atoms with Crippen LogP contribution in [0.3, 0.4) is 0 Å². The molecule has 0 aliphatic carbocycles. The van der Waals surface area contributed by atoms with Gasteiger partial charge in [0.25, 0.3) is 11.8 Å². The number of hydrogen-bond acceptors (Lipinski definition) is 4. The van der Waals surface area contributed by atoms with Crippen LogP contribution in [0.5, 0.6) is 0 Å². The largest absolute Gasteiger partial charge is 0.337 e.